The first-order valence-electron chi connectivity index (χ1n) is 5.39. The van der Waals surface area contributed by atoms with E-state index in [1.807, 2.05) is 54.6 Å². The molecule has 2 aromatic rings. The van der Waals surface area contributed by atoms with Crippen LogP contribution in [0.25, 0.3) is 5.73 Å². The molecular weight excluding hydrogens is 301 g/mol. The van der Waals surface area contributed by atoms with Crippen molar-refractivity contribution in [3.8, 4) is 0 Å². The summed E-state index contributed by atoms with van der Waals surface area (Å²) in [6.45, 7) is 0. The minimum atomic E-state index is -0.561. The van der Waals surface area contributed by atoms with E-state index in [4.69, 9.17) is 5.73 Å². The number of nitrogens with one attached hydrogen (secondary N) is 2. The number of hydrogen-bond acceptors (Lipinski definition) is 2. The first kappa shape index (κ1) is 14.9. The van der Waals surface area contributed by atoms with Crippen LogP contribution in [0.15, 0.2) is 54.6 Å². The first-order valence-corrected chi connectivity index (χ1v) is 5.39. The Kier molecular flexibility index (Phi) is 6.03. The van der Waals surface area contributed by atoms with Gasteiger partial charge in [0.1, 0.15) is 0 Å². The molecule has 0 fully saturated rings. The molecule has 1 radical (unpaired) electrons. The van der Waals surface area contributed by atoms with Gasteiger partial charge in [0, 0.05) is 50.5 Å². The molecule has 18 heavy (non-hydrogen) atoms. The normalized spacial score (nSPS) is 9.33. The van der Waals surface area contributed by atoms with Crippen LogP contribution in [-0.4, -0.2) is 5.91 Å². The second kappa shape index (κ2) is 7.29. The molecule has 0 aromatic heterocycles. The Balaban J connectivity index is 0.00000162. The summed E-state index contributed by atoms with van der Waals surface area (Å²) in [6, 6.07) is 17.4. The zero-order valence-corrected chi connectivity index (χ0v) is 12.7. The third-order valence-electron chi connectivity index (χ3n) is 2.38. The van der Waals surface area contributed by atoms with Gasteiger partial charge in [-0.1, -0.05) is 30.3 Å². The molecule has 3 nitrogen and oxygen atoms in total. The maximum atomic E-state index is 10.6. The van der Waals surface area contributed by atoms with Crippen molar-refractivity contribution in [2.24, 2.45) is 0 Å². The molecule has 2 aromatic carbocycles. The van der Waals surface area contributed by atoms with Gasteiger partial charge in [-0.15, -0.1) is 0 Å². The van der Waals surface area contributed by atoms with Gasteiger partial charge in [-0.2, -0.15) is 0 Å². The smallest absolute Gasteiger partial charge is 0.0532 e. The predicted octanol–water partition coefficient (Wildman–Crippen LogP) is 3.55. The topological polar surface area (TPSA) is 52.9 Å². The van der Waals surface area contributed by atoms with Gasteiger partial charge in [-0.05, 0) is 29.8 Å². The minimum Gasteiger partial charge on any atom is -0.667 e. The Hall–Kier alpha value is -1.19. The van der Waals surface area contributed by atoms with Crippen molar-refractivity contribution < 1.29 is 37.5 Å². The zero-order valence-electron chi connectivity index (χ0n) is 9.89. The Morgan fingerprint density at radius 1 is 0.944 bits per heavy atom. The van der Waals surface area contributed by atoms with E-state index in [0.717, 1.165) is 16.9 Å². The summed E-state index contributed by atoms with van der Waals surface area (Å²) in [7, 11) is 0. The average molecular weight is 314 g/mol. The second-order valence-corrected chi connectivity index (χ2v) is 3.79. The number of amides is 1. The summed E-state index contributed by atoms with van der Waals surface area (Å²) >= 11 is 0. The number of para-hydroxylation sites is 1. The predicted molar refractivity (Wildman–Crippen MR) is 69.2 cm³/mol. The number of carbonyl (C=O) groups is 1. The third kappa shape index (κ3) is 4.59. The number of benzene rings is 2. The fraction of sp³-hybridized carbons (Fsp3) is 0.0714. The van der Waals surface area contributed by atoms with Gasteiger partial charge in [0.15, 0.2) is 0 Å². The van der Waals surface area contributed by atoms with Gasteiger partial charge in [0.2, 0.25) is 0 Å². The van der Waals surface area contributed by atoms with Crippen LogP contribution in [0.3, 0.4) is 0 Å². The van der Waals surface area contributed by atoms with Crippen molar-refractivity contribution in [1.82, 2.24) is 0 Å². The molecule has 89 valence electrons. The quantitative estimate of drug-likeness (QED) is 0.938. The Labute approximate surface area is 132 Å². The monoisotopic (exact) mass is 314 g/mol. The van der Waals surface area contributed by atoms with Crippen LogP contribution in [0.2, 0.25) is 0 Å². The Morgan fingerprint density at radius 2 is 1.50 bits per heavy atom. The summed E-state index contributed by atoms with van der Waals surface area (Å²) in [5.41, 5.74) is 9.75. The summed E-state index contributed by atoms with van der Waals surface area (Å²) in [5.74, 6) is -0.561. The van der Waals surface area contributed by atoms with E-state index in [2.05, 4.69) is 5.32 Å². The molecule has 1 amide bonds. The zero-order chi connectivity index (χ0) is 12.1. The van der Waals surface area contributed by atoms with Crippen molar-refractivity contribution in [2.45, 2.75) is 6.42 Å². The van der Waals surface area contributed by atoms with Crippen molar-refractivity contribution in [2.75, 3.05) is 5.32 Å². The van der Waals surface area contributed by atoms with E-state index < -0.39 is 5.91 Å². The van der Waals surface area contributed by atoms with E-state index in [0.29, 0.717) is 0 Å². The van der Waals surface area contributed by atoms with E-state index in [-0.39, 0.29) is 39.1 Å². The third-order valence-corrected chi connectivity index (χ3v) is 2.38. The fourth-order valence-corrected chi connectivity index (χ4v) is 1.58. The van der Waals surface area contributed by atoms with Gasteiger partial charge >= 0.3 is 0 Å². The molecule has 0 aliphatic rings. The molecule has 0 bridgehead atoms. The van der Waals surface area contributed by atoms with Crippen LogP contribution in [0.1, 0.15) is 5.56 Å². The first-order chi connectivity index (χ1) is 8.24. The number of rotatable bonds is 4. The average Bonchev–Trinajstić information content (AvgIpc) is 2.32. The summed E-state index contributed by atoms with van der Waals surface area (Å²) < 4.78 is 0. The molecule has 0 heterocycles. The van der Waals surface area contributed by atoms with Crippen molar-refractivity contribution in [3.05, 3.63) is 65.9 Å². The van der Waals surface area contributed by atoms with Gasteiger partial charge in [0.05, 0.1) is 5.91 Å². The molecule has 0 saturated heterocycles. The molecule has 0 unspecified atom stereocenters. The van der Waals surface area contributed by atoms with Crippen LogP contribution in [0.4, 0.5) is 11.4 Å². The van der Waals surface area contributed by atoms with Gasteiger partial charge < -0.3 is 15.8 Å². The molecule has 2 rings (SSSR count). The Bertz CT molecular complexity index is 497. The molecule has 0 aliphatic carbocycles. The van der Waals surface area contributed by atoms with Crippen LogP contribution in [-0.2, 0) is 43.9 Å². The van der Waals surface area contributed by atoms with Crippen LogP contribution >= 0.6 is 0 Å². The van der Waals surface area contributed by atoms with Gasteiger partial charge in [-0.3, -0.25) is 0 Å². The maximum Gasteiger partial charge on any atom is 0.0532 e. The van der Waals surface area contributed by atoms with Crippen molar-refractivity contribution >= 4 is 17.3 Å². The number of anilines is 2. The van der Waals surface area contributed by atoms with E-state index in [1.54, 1.807) is 0 Å². The fourth-order valence-electron chi connectivity index (χ4n) is 1.58. The molecule has 0 saturated carbocycles. The minimum absolute atomic E-state index is 0. The van der Waals surface area contributed by atoms with Gasteiger partial charge in [-0.25, -0.2) is 0 Å². The SMILES string of the molecule is [NH-]C(=O)Cc1ccc(Nc2ccccc2)cc1.[Y]. The summed E-state index contributed by atoms with van der Waals surface area (Å²) in [6.07, 6.45) is 0.172. The summed E-state index contributed by atoms with van der Waals surface area (Å²) in [5, 5.41) is 3.25. The number of carbonyl (C=O) groups excluding carboxylic acids is 1. The molecule has 0 spiro atoms. The van der Waals surface area contributed by atoms with Crippen LogP contribution in [0, 0.1) is 0 Å². The molecule has 0 aliphatic heterocycles. The van der Waals surface area contributed by atoms with Crippen molar-refractivity contribution in [3.63, 3.8) is 0 Å². The number of hydrogen-bond donors (Lipinski definition) is 1. The standard InChI is InChI=1S/C14H14N2O.Y/c15-14(17)10-11-6-8-13(9-7-11)16-12-4-2-1-3-5-12;/h1-9,16H,10H2,(H2,15,17);/p-1. The Morgan fingerprint density at radius 3 is 2.06 bits per heavy atom. The van der Waals surface area contributed by atoms with Crippen LogP contribution in [0.5, 0.6) is 0 Å². The van der Waals surface area contributed by atoms with E-state index >= 15 is 0 Å². The van der Waals surface area contributed by atoms with Gasteiger partial charge in [0.25, 0.3) is 0 Å². The van der Waals surface area contributed by atoms with E-state index in [9.17, 15) is 4.79 Å². The second-order valence-electron chi connectivity index (χ2n) is 3.79. The molecule has 4 heteroatoms. The molecule has 0 atom stereocenters. The molecular formula is C14H13N2OY-. The van der Waals surface area contributed by atoms with E-state index in [1.165, 1.54) is 0 Å². The maximum absolute atomic E-state index is 10.6. The summed E-state index contributed by atoms with van der Waals surface area (Å²) in [4.78, 5) is 10.6. The molecule has 2 N–H and O–H groups in total. The van der Waals surface area contributed by atoms with Crippen molar-refractivity contribution in [1.29, 1.82) is 0 Å². The largest absolute Gasteiger partial charge is 0.667 e. The van der Waals surface area contributed by atoms with Crippen LogP contribution < -0.4 is 5.32 Å².